The molecule has 86 valence electrons. The summed E-state index contributed by atoms with van der Waals surface area (Å²) in [6.07, 6.45) is 1.51. The van der Waals surface area contributed by atoms with Gasteiger partial charge in [-0.05, 0) is 6.07 Å². The Kier molecular flexibility index (Phi) is 5.03. The maximum Gasteiger partial charge on any atom is 0.233 e. The number of hydrogen-bond donors (Lipinski definition) is 1. The van der Waals surface area contributed by atoms with E-state index in [1.165, 1.54) is 6.20 Å². The van der Waals surface area contributed by atoms with Crippen LogP contribution in [0.5, 0.6) is 5.88 Å². The van der Waals surface area contributed by atoms with Gasteiger partial charge in [0.15, 0.2) is 0 Å². The smallest absolute Gasteiger partial charge is 0.233 e. The summed E-state index contributed by atoms with van der Waals surface area (Å²) in [5.41, 5.74) is 0.378. The van der Waals surface area contributed by atoms with Crippen molar-refractivity contribution in [1.82, 2.24) is 10.3 Å². The topological polar surface area (TPSA) is 57.9 Å². The van der Waals surface area contributed by atoms with Crippen molar-refractivity contribution >= 4 is 11.6 Å². The Morgan fingerprint density at radius 1 is 1.62 bits per heavy atom. The van der Waals surface area contributed by atoms with E-state index in [4.69, 9.17) is 21.6 Å². The third-order valence-corrected chi connectivity index (χ3v) is 2.24. The van der Waals surface area contributed by atoms with E-state index in [1.807, 2.05) is 6.07 Å². The van der Waals surface area contributed by atoms with Crippen molar-refractivity contribution in [1.29, 1.82) is 5.26 Å². The van der Waals surface area contributed by atoms with E-state index >= 15 is 0 Å². The van der Waals surface area contributed by atoms with Crippen molar-refractivity contribution < 1.29 is 4.74 Å². The third-order valence-electron chi connectivity index (χ3n) is 1.87. The Morgan fingerprint density at radius 2 is 2.38 bits per heavy atom. The third kappa shape index (κ3) is 3.69. The van der Waals surface area contributed by atoms with Crippen LogP contribution in [0.15, 0.2) is 12.3 Å². The molecule has 0 fully saturated rings. The monoisotopic (exact) mass is 239 g/mol. The van der Waals surface area contributed by atoms with E-state index in [0.717, 1.165) is 0 Å². The predicted molar refractivity (Wildman–Crippen MR) is 62.6 cm³/mol. The summed E-state index contributed by atoms with van der Waals surface area (Å²) in [7, 11) is 0. The zero-order valence-electron chi connectivity index (χ0n) is 9.33. The highest BCUT2D eigenvalue weighted by Crippen LogP contribution is 2.24. The van der Waals surface area contributed by atoms with Gasteiger partial charge in [-0.3, -0.25) is 0 Å². The Balaban J connectivity index is 2.52. The lowest BCUT2D eigenvalue weighted by molar-refractivity contribution is 0.298. The lowest BCUT2D eigenvalue weighted by Crippen LogP contribution is -2.27. The van der Waals surface area contributed by atoms with Gasteiger partial charge in [-0.1, -0.05) is 25.4 Å². The molecule has 0 saturated heterocycles. The fourth-order valence-corrected chi connectivity index (χ4v) is 1.32. The number of nitrogens with one attached hydrogen (secondary N) is 1. The van der Waals surface area contributed by atoms with E-state index in [9.17, 15) is 0 Å². The number of halogens is 1. The summed E-state index contributed by atoms with van der Waals surface area (Å²) >= 11 is 5.92. The highest BCUT2D eigenvalue weighted by molar-refractivity contribution is 6.32. The van der Waals surface area contributed by atoms with E-state index in [1.54, 1.807) is 6.07 Å². The Morgan fingerprint density at radius 3 is 3.00 bits per heavy atom. The SMILES string of the molecule is CC(C)NCCOc1nccc(C#N)c1Cl. The molecule has 0 aliphatic rings. The van der Waals surface area contributed by atoms with E-state index in [-0.39, 0.29) is 5.02 Å². The average Bonchev–Trinajstić information content (AvgIpc) is 2.26. The van der Waals surface area contributed by atoms with E-state index in [2.05, 4.69) is 24.1 Å². The standard InChI is InChI=1S/C11H14ClN3O/c1-8(2)14-5-6-16-11-10(12)9(7-13)3-4-15-11/h3-4,8,14H,5-6H2,1-2H3. The van der Waals surface area contributed by atoms with Gasteiger partial charge in [0.25, 0.3) is 0 Å². The van der Waals surface area contributed by atoms with Crippen molar-refractivity contribution in [3.8, 4) is 11.9 Å². The number of hydrogen-bond acceptors (Lipinski definition) is 4. The Labute approximate surface area is 100 Å². The van der Waals surface area contributed by atoms with Crippen LogP contribution in [0.3, 0.4) is 0 Å². The molecule has 16 heavy (non-hydrogen) atoms. The highest BCUT2D eigenvalue weighted by Gasteiger charge is 2.07. The lowest BCUT2D eigenvalue weighted by Gasteiger charge is -2.10. The molecule has 0 radical (unpaired) electrons. The fourth-order valence-electron chi connectivity index (χ4n) is 1.11. The normalized spacial score (nSPS) is 10.2. The molecule has 1 N–H and O–H groups in total. The van der Waals surface area contributed by atoms with Gasteiger partial charge in [0.2, 0.25) is 5.88 Å². The van der Waals surface area contributed by atoms with Crippen molar-refractivity contribution in [3.05, 3.63) is 22.8 Å². The molecule has 0 amide bonds. The number of aromatic nitrogens is 1. The maximum atomic E-state index is 8.76. The van der Waals surface area contributed by atoms with E-state index < -0.39 is 0 Å². The quantitative estimate of drug-likeness (QED) is 0.799. The first-order valence-corrected chi connectivity index (χ1v) is 5.43. The molecule has 1 aromatic rings. The number of nitrogens with zero attached hydrogens (tertiary/aromatic N) is 2. The summed E-state index contributed by atoms with van der Waals surface area (Å²) in [6, 6.07) is 3.95. The Bertz CT molecular complexity index is 387. The molecule has 0 spiro atoms. The zero-order chi connectivity index (χ0) is 12.0. The summed E-state index contributed by atoms with van der Waals surface area (Å²) in [6.45, 7) is 5.30. The van der Waals surface area contributed by atoms with Gasteiger partial charge in [-0.15, -0.1) is 0 Å². The van der Waals surface area contributed by atoms with Gasteiger partial charge < -0.3 is 10.1 Å². The average molecular weight is 240 g/mol. The molecule has 1 aromatic heterocycles. The molecule has 1 rings (SSSR count). The molecule has 1 heterocycles. The molecule has 5 heteroatoms. The lowest BCUT2D eigenvalue weighted by atomic mass is 10.3. The van der Waals surface area contributed by atoms with Crippen LogP contribution in [-0.2, 0) is 0 Å². The molecule has 0 atom stereocenters. The van der Waals surface area contributed by atoms with Crippen LogP contribution in [0, 0.1) is 11.3 Å². The van der Waals surface area contributed by atoms with Crippen LogP contribution in [0.25, 0.3) is 0 Å². The van der Waals surface area contributed by atoms with Gasteiger partial charge in [-0.25, -0.2) is 4.98 Å². The molecular weight excluding hydrogens is 226 g/mol. The minimum Gasteiger partial charge on any atom is -0.475 e. The molecule has 0 bridgehead atoms. The molecule has 0 unspecified atom stereocenters. The number of rotatable bonds is 5. The first-order valence-electron chi connectivity index (χ1n) is 5.06. The second-order valence-corrected chi connectivity index (χ2v) is 3.92. The summed E-state index contributed by atoms with van der Waals surface area (Å²) in [5.74, 6) is 0.311. The summed E-state index contributed by atoms with van der Waals surface area (Å²) in [4.78, 5) is 3.97. The Hall–Kier alpha value is -1.31. The largest absolute Gasteiger partial charge is 0.475 e. The molecule has 4 nitrogen and oxygen atoms in total. The van der Waals surface area contributed by atoms with E-state index in [0.29, 0.717) is 30.6 Å². The van der Waals surface area contributed by atoms with Gasteiger partial charge in [0, 0.05) is 18.8 Å². The molecule has 0 aromatic carbocycles. The van der Waals surface area contributed by atoms with Crippen LogP contribution in [0.2, 0.25) is 5.02 Å². The zero-order valence-corrected chi connectivity index (χ0v) is 10.1. The van der Waals surface area contributed by atoms with Gasteiger partial charge in [0.1, 0.15) is 17.7 Å². The minimum absolute atomic E-state index is 0.273. The predicted octanol–water partition coefficient (Wildman–Crippen LogP) is 1.98. The second-order valence-electron chi connectivity index (χ2n) is 3.55. The van der Waals surface area contributed by atoms with Crippen molar-refractivity contribution in [3.63, 3.8) is 0 Å². The van der Waals surface area contributed by atoms with Crippen LogP contribution < -0.4 is 10.1 Å². The van der Waals surface area contributed by atoms with Crippen molar-refractivity contribution in [2.75, 3.05) is 13.2 Å². The van der Waals surface area contributed by atoms with Gasteiger partial charge >= 0.3 is 0 Å². The summed E-state index contributed by atoms with van der Waals surface area (Å²) < 4.78 is 5.37. The van der Waals surface area contributed by atoms with Crippen molar-refractivity contribution in [2.45, 2.75) is 19.9 Å². The molecule has 0 saturated carbocycles. The molecular formula is C11H14ClN3O. The van der Waals surface area contributed by atoms with Gasteiger partial charge in [0.05, 0.1) is 5.56 Å². The van der Waals surface area contributed by atoms with Crippen LogP contribution >= 0.6 is 11.6 Å². The van der Waals surface area contributed by atoms with Crippen LogP contribution in [0.1, 0.15) is 19.4 Å². The van der Waals surface area contributed by atoms with Crippen LogP contribution in [-0.4, -0.2) is 24.2 Å². The van der Waals surface area contributed by atoms with Crippen molar-refractivity contribution in [2.24, 2.45) is 0 Å². The number of pyridine rings is 1. The number of nitriles is 1. The molecule has 0 aliphatic heterocycles. The summed E-state index contributed by atoms with van der Waals surface area (Å²) in [5, 5.41) is 12.2. The highest BCUT2D eigenvalue weighted by atomic mass is 35.5. The first-order chi connectivity index (χ1) is 7.65. The second kappa shape index (κ2) is 6.31. The maximum absolute atomic E-state index is 8.76. The minimum atomic E-state index is 0.273. The van der Waals surface area contributed by atoms with Crippen LogP contribution in [0.4, 0.5) is 0 Å². The first kappa shape index (κ1) is 12.8. The fraction of sp³-hybridized carbons (Fsp3) is 0.455. The van der Waals surface area contributed by atoms with Gasteiger partial charge in [-0.2, -0.15) is 5.26 Å². The number of ether oxygens (including phenoxy) is 1. The molecule has 0 aliphatic carbocycles.